The molecule has 10 heavy (non-hydrogen) atoms. The third-order valence-corrected chi connectivity index (χ3v) is 0.806. The number of nitroso groups, excluding NO2 is 1. The summed E-state index contributed by atoms with van der Waals surface area (Å²) < 4.78 is 0. The summed E-state index contributed by atoms with van der Waals surface area (Å²) in [4.78, 5) is 9.74. The van der Waals surface area contributed by atoms with Gasteiger partial charge in [0.1, 0.15) is 0 Å². The molecule has 0 aliphatic rings. The molecule has 0 bridgehead atoms. The van der Waals surface area contributed by atoms with Crippen molar-refractivity contribution in [3.05, 3.63) is 41.4 Å². The third-order valence-electron chi connectivity index (χ3n) is 0.806. The van der Waals surface area contributed by atoms with Gasteiger partial charge in [-0.1, -0.05) is 5.18 Å². The topological polar surface area (TPSA) is 62.9 Å². The van der Waals surface area contributed by atoms with Crippen LogP contribution in [0, 0.1) is 42.1 Å². The van der Waals surface area contributed by atoms with Crippen LogP contribution in [0.15, 0.2) is 29.4 Å². The smallest absolute Gasteiger partial charge is 0.693 e. The van der Waals surface area contributed by atoms with Crippen LogP contribution < -0.4 is 0 Å². The molecular weight excluding hydrogens is 354 g/mol. The molecule has 2 N–H and O–H groups in total. The zero-order valence-electron chi connectivity index (χ0n) is 5.24. The van der Waals surface area contributed by atoms with E-state index < -0.39 is 0 Å². The van der Waals surface area contributed by atoms with Crippen molar-refractivity contribution in [1.29, 1.82) is 0 Å². The summed E-state index contributed by atoms with van der Waals surface area (Å²) >= 11 is 0. The fraction of sp³-hybridized carbons (Fsp3) is 0. The van der Waals surface area contributed by atoms with Gasteiger partial charge >= 0.3 is 31.1 Å². The number of nitrogens with zero attached hydrogens (tertiary/aromatic N) is 1. The Bertz CT molecular complexity index is 178. The molecule has 1 aromatic carbocycles. The van der Waals surface area contributed by atoms with Gasteiger partial charge in [0, 0.05) is 0 Å². The molecule has 0 fully saturated rings. The van der Waals surface area contributed by atoms with E-state index in [1.54, 1.807) is 24.3 Å². The van der Waals surface area contributed by atoms with Gasteiger partial charge in [0.05, 0.1) is 0 Å². The first-order valence-electron chi connectivity index (χ1n) is 2.23. The van der Waals surface area contributed by atoms with E-state index in [1.807, 2.05) is 0 Å². The zero-order valence-corrected chi connectivity index (χ0v) is 9.41. The van der Waals surface area contributed by atoms with Gasteiger partial charge in [0.15, 0.2) is 0 Å². The van der Waals surface area contributed by atoms with Crippen LogP contribution in [0.4, 0.5) is 5.69 Å². The molecule has 0 amide bonds. The maximum absolute atomic E-state index is 9.74. The summed E-state index contributed by atoms with van der Waals surface area (Å²) in [7, 11) is 0. The van der Waals surface area contributed by atoms with E-state index in [2.05, 4.69) is 11.2 Å². The van der Waals surface area contributed by atoms with Crippen LogP contribution >= 0.6 is 0 Å². The van der Waals surface area contributed by atoms with E-state index in [0.717, 1.165) is 0 Å². The summed E-state index contributed by atoms with van der Waals surface area (Å²) in [6.45, 7) is 0. The maximum atomic E-state index is 9.74. The van der Waals surface area contributed by atoms with Gasteiger partial charge in [0.2, 0.25) is 0 Å². The molecule has 4 heteroatoms. The Labute approximate surface area is 83.1 Å². The van der Waals surface area contributed by atoms with Gasteiger partial charge in [-0.3, -0.25) is 0 Å². The molecule has 0 atom stereocenters. The predicted octanol–water partition coefficient (Wildman–Crippen LogP) is 2.60. The van der Waals surface area contributed by atoms with Gasteiger partial charge in [-0.25, -0.2) is 0 Å². The van der Waals surface area contributed by atoms with Crippen LogP contribution in [-0.2, 0) is 0 Å². The summed E-state index contributed by atoms with van der Waals surface area (Å²) in [5, 5.41) is 2.70. The maximum Gasteiger partial charge on any atom is 2.00 e. The molecule has 0 aliphatic heterocycles. The van der Waals surface area contributed by atoms with Crippen LogP contribution in [0.3, 0.4) is 0 Å². The van der Waals surface area contributed by atoms with E-state index in [4.69, 9.17) is 0 Å². The Morgan fingerprint density at radius 3 is 2.10 bits per heavy atom. The number of rotatable bonds is 1. The van der Waals surface area contributed by atoms with Crippen molar-refractivity contribution in [2.24, 2.45) is 5.18 Å². The van der Waals surface area contributed by atoms with E-state index >= 15 is 0 Å². The Morgan fingerprint density at radius 1 is 1.30 bits per heavy atom. The second kappa shape index (κ2) is 6.95. The van der Waals surface area contributed by atoms with E-state index in [1.165, 1.54) is 0 Å². The molecule has 0 heterocycles. The van der Waals surface area contributed by atoms with Gasteiger partial charge in [-0.15, -0.1) is 17.0 Å². The minimum atomic E-state index is 0. The average Bonchev–Trinajstić information content (AvgIpc) is 1.90. The molecule has 1 rings (SSSR count). The second-order valence-corrected chi connectivity index (χ2v) is 1.35. The molecule has 0 spiro atoms. The largest absolute Gasteiger partial charge is 2.00 e. The SMILES string of the molecule is O=Nc1cc[c-]cc1.[NH2-].[U+2]. The number of benzene rings is 1. The Kier molecular flexibility index (Phi) is 8.68. The second-order valence-electron chi connectivity index (χ2n) is 1.35. The van der Waals surface area contributed by atoms with Crippen molar-refractivity contribution in [3.63, 3.8) is 0 Å². The average molecular weight is 360 g/mol. The number of hydrogen-bond acceptors (Lipinski definition) is 2. The summed E-state index contributed by atoms with van der Waals surface area (Å²) in [6, 6.07) is 9.28. The van der Waals surface area contributed by atoms with Crippen molar-refractivity contribution in [1.82, 2.24) is 0 Å². The van der Waals surface area contributed by atoms with Crippen molar-refractivity contribution in [2.45, 2.75) is 0 Å². The molecular formula is C6H6N2OU. The van der Waals surface area contributed by atoms with Crippen LogP contribution in [-0.4, -0.2) is 0 Å². The molecule has 0 radical (unpaired) electrons. The third kappa shape index (κ3) is 3.78. The fourth-order valence-corrected chi connectivity index (χ4v) is 0.439. The van der Waals surface area contributed by atoms with Crippen molar-refractivity contribution in [2.75, 3.05) is 0 Å². The molecule has 1 aromatic rings. The van der Waals surface area contributed by atoms with Crippen LogP contribution in [0.1, 0.15) is 0 Å². The molecule has 0 saturated carbocycles. The Hall–Kier alpha value is -0.168. The van der Waals surface area contributed by atoms with Gasteiger partial charge in [0.25, 0.3) is 0 Å². The molecule has 0 unspecified atom stereocenters. The number of hydrogen-bond donors (Lipinski definition) is 0. The van der Waals surface area contributed by atoms with Crippen molar-refractivity contribution >= 4 is 5.69 Å². The van der Waals surface area contributed by atoms with Gasteiger partial charge in [-0.2, -0.15) is 18.2 Å². The van der Waals surface area contributed by atoms with Crippen molar-refractivity contribution < 1.29 is 31.1 Å². The quantitative estimate of drug-likeness (QED) is 0.561. The first-order valence-corrected chi connectivity index (χ1v) is 2.23. The monoisotopic (exact) mass is 360 g/mol. The first kappa shape index (κ1) is 12.5. The van der Waals surface area contributed by atoms with E-state index in [0.29, 0.717) is 5.69 Å². The fourth-order valence-electron chi connectivity index (χ4n) is 0.439. The standard InChI is InChI=1S/C6H4NO.H2N.U/c8-7-6-4-2-1-3-5-6;;/h2-5H;1H2;/q2*-1;+2. The molecule has 0 aliphatic carbocycles. The van der Waals surface area contributed by atoms with Crippen LogP contribution in [0.25, 0.3) is 6.15 Å². The van der Waals surface area contributed by atoms with Gasteiger partial charge < -0.3 is 6.15 Å². The minimum Gasteiger partial charge on any atom is -0.693 e. The summed E-state index contributed by atoms with van der Waals surface area (Å²) in [6.07, 6.45) is 0. The minimum absolute atomic E-state index is 0. The predicted molar refractivity (Wildman–Crippen MR) is 36.0 cm³/mol. The Balaban J connectivity index is 0. The first-order chi connectivity index (χ1) is 3.93. The number of nitrogens with two attached hydrogens (primary N) is 1. The summed E-state index contributed by atoms with van der Waals surface area (Å²) in [5.41, 5.74) is 0.448. The van der Waals surface area contributed by atoms with Crippen molar-refractivity contribution in [3.8, 4) is 0 Å². The van der Waals surface area contributed by atoms with E-state index in [-0.39, 0.29) is 37.3 Å². The molecule has 50 valence electrons. The molecule has 0 aromatic heterocycles. The van der Waals surface area contributed by atoms with E-state index in [9.17, 15) is 4.91 Å². The van der Waals surface area contributed by atoms with Crippen LogP contribution in [0.5, 0.6) is 0 Å². The van der Waals surface area contributed by atoms with Crippen LogP contribution in [0.2, 0.25) is 0 Å². The zero-order chi connectivity index (χ0) is 5.82. The van der Waals surface area contributed by atoms with Gasteiger partial charge in [-0.05, 0) is 5.69 Å². The molecule has 0 saturated heterocycles. The normalized spacial score (nSPS) is 6.80. The Morgan fingerprint density at radius 2 is 1.80 bits per heavy atom. The molecule has 3 nitrogen and oxygen atoms in total. The summed E-state index contributed by atoms with van der Waals surface area (Å²) in [5.74, 6) is 0.